The van der Waals surface area contributed by atoms with Gasteiger partial charge in [-0.25, -0.2) is 0 Å². The Kier molecular flexibility index (Phi) is 7.04. The molecule has 1 aliphatic carbocycles. The van der Waals surface area contributed by atoms with Gasteiger partial charge in [0.25, 0.3) is 0 Å². The Morgan fingerprint density at radius 2 is 2.10 bits per heavy atom. The highest BCUT2D eigenvalue weighted by molar-refractivity contribution is 5.81. The molecule has 0 aromatic heterocycles. The minimum Gasteiger partial charge on any atom is -0.339 e. The quantitative estimate of drug-likeness (QED) is 0.651. The Bertz CT molecular complexity index is 349. The molecule has 0 heterocycles. The van der Waals surface area contributed by atoms with Gasteiger partial charge in [-0.15, -0.1) is 0 Å². The first-order valence-corrected chi connectivity index (χ1v) is 8.06. The first-order chi connectivity index (χ1) is 9.45. The summed E-state index contributed by atoms with van der Waals surface area (Å²) in [7, 11) is 0. The summed E-state index contributed by atoms with van der Waals surface area (Å²) >= 11 is 0. The fourth-order valence-corrected chi connectivity index (χ4v) is 2.47. The number of rotatable bonds is 6. The van der Waals surface area contributed by atoms with Gasteiger partial charge in [0.15, 0.2) is 0 Å². The molecule has 1 atom stereocenters. The largest absolute Gasteiger partial charge is 0.339 e. The first-order valence-electron chi connectivity index (χ1n) is 8.06. The standard InChI is InChI=1S/C18H31NO/c1-5-6-14-19(17(20)18(2,3)4)15-10-13-16-11-8-7-9-12-16/h7-8,10,13,16H,5-6,9,11-12,14-15H2,1-4H3/b13-10-. The predicted octanol–water partition coefficient (Wildman–Crippen LogP) is 4.57. The number of hydrogen-bond acceptors (Lipinski definition) is 1. The molecule has 1 aliphatic rings. The van der Waals surface area contributed by atoms with Crippen LogP contribution in [0.25, 0.3) is 0 Å². The number of carbonyl (C=O) groups is 1. The van der Waals surface area contributed by atoms with E-state index in [-0.39, 0.29) is 11.3 Å². The van der Waals surface area contributed by atoms with Crippen LogP contribution in [-0.4, -0.2) is 23.9 Å². The lowest BCUT2D eigenvalue weighted by molar-refractivity contribution is -0.139. The van der Waals surface area contributed by atoms with Crippen molar-refractivity contribution in [1.82, 2.24) is 4.90 Å². The maximum absolute atomic E-state index is 12.4. The van der Waals surface area contributed by atoms with Gasteiger partial charge < -0.3 is 4.90 Å². The SMILES string of the molecule is CCCCN(C/C=C\C1CC=CCC1)C(=O)C(C)(C)C. The number of hydrogen-bond donors (Lipinski definition) is 0. The summed E-state index contributed by atoms with van der Waals surface area (Å²) < 4.78 is 0. The third-order valence-electron chi connectivity index (χ3n) is 3.75. The van der Waals surface area contributed by atoms with Crippen molar-refractivity contribution in [3.63, 3.8) is 0 Å². The van der Waals surface area contributed by atoms with Gasteiger partial charge in [-0.3, -0.25) is 4.79 Å². The van der Waals surface area contributed by atoms with Crippen LogP contribution in [0.2, 0.25) is 0 Å². The number of carbonyl (C=O) groups excluding carboxylic acids is 1. The van der Waals surface area contributed by atoms with Crippen LogP contribution in [0.15, 0.2) is 24.3 Å². The molecule has 0 aromatic carbocycles. The fraction of sp³-hybridized carbons (Fsp3) is 0.722. The van der Waals surface area contributed by atoms with Gasteiger partial charge in [0.05, 0.1) is 0 Å². The molecule has 0 bridgehead atoms. The van der Waals surface area contributed by atoms with Crippen molar-refractivity contribution < 1.29 is 4.79 Å². The van der Waals surface area contributed by atoms with E-state index >= 15 is 0 Å². The molecule has 0 radical (unpaired) electrons. The third kappa shape index (κ3) is 5.94. The molecule has 1 rings (SSSR count). The Labute approximate surface area is 124 Å². The van der Waals surface area contributed by atoms with Gasteiger partial charge in [-0.1, -0.05) is 58.4 Å². The number of allylic oxidation sites excluding steroid dienone is 3. The summed E-state index contributed by atoms with van der Waals surface area (Å²) in [5, 5.41) is 0. The monoisotopic (exact) mass is 277 g/mol. The van der Waals surface area contributed by atoms with E-state index in [1.165, 1.54) is 12.8 Å². The van der Waals surface area contributed by atoms with Crippen LogP contribution >= 0.6 is 0 Å². The molecule has 0 saturated carbocycles. The molecule has 1 unspecified atom stereocenters. The van der Waals surface area contributed by atoms with Gasteiger partial charge in [0.2, 0.25) is 5.91 Å². The second-order valence-electron chi connectivity index (χ2n) is 6.83. The lowest BCUT2D eigenvalue weighted by Crippen LogP contribution is -2.40. The van der Waals surface area contributed by atoms with Gasteiger partial charge in [-0.05, 0) is 31.6 Å². The van der Waals surface area contributed by atoms with E-state index in [2.05, 4.69) is 31.2 Å². The summed E-state index contributed by atoms with van der Waals surface area (Å²) in [6.07, 6.45) is 14.8. The van der Waals surface area contributed by atoms with Gasteiger partial charge in [0.1, 0.15) is 0 Å². The Hall–Kier alpha value is -1.05. The normalized spacial score (nSPS) is 19.5. The van der Waals surface area contributed by atoms with Crippen LogP contribution in [0.1, 0.15) is 59.8 Å². The van der Waals surface area contributed by atoms with E-state index in [1.807, 2.05) is 25.7 Å². The lowest BCUT2D eigenvalue weighted by Gasteiger charge is -2.28. The summed E-state index contributed by atoms with van der Waals surface area (Å²) in [5.74, 6) is 0.928. The molecule has 20 heavy (non-hydrogen) atoms. The van der Waals surface area contributed by atoms with E-state index in [9.17, 15) is 4.79 Å². The van der Waals surface area contributed by atoms with E-state index < -0.39 is 0 Å². The van der Waals surface area contributed by atoms with Crippen molar-refractivity contribution in [1.29, 1.82) is 0 Å². The summed E-state index contributed by atoms with van der Waals surface area (Å²) in [6.45, 7) is 9.82. The molecule has 2 heteroatoms. The fourth-order valence-electron chi connectivity index (χ4n) is 2.47. The van der Waals surface area contributed by atoms with Crippen molar-refractivity contribution in [2.75, 3.05) is 13.1 Å². The molecule has 114 valence electrons. The molecule has 0 spiro atoms. The second kappa shape index (κ2) is 8.28. The smallest absolute Gasteiger partial charge is 0.228 e. The van der Waals surface area contributed by atoms with Crippen LogP contribution in [0.5, 0.6) is 0 Å². The van der Waals surface area contributed by atoms with Crippen molar-refractivity contribution in [3.8, 4) is 0 Å². The molecule has 2 nitrogen and oxygen atoms in total. The number of amides is 1. The summed E-state index contributed by atoms with van der Waals surface area (Å²) in [4.78, 5) is 14.4. The zero-order chi connectivity index (χ0) is 15.0. The average Bonchev–Trinajstić information content (AvgIpc) is 2.42. The topological polar surface area (TPSA) is 20.3 Å². The van der Waals surface area contributed by atoms with Crippen LogP contribution in [0.4, 0.5) is 0 Å². The number of nitrogens with zero attached hydrogens (tertiary/aromatic N) is 1. The molecule has 0 fully saturated rings. The minimum atomic E-state index is -0.283. The van der Waals surface area contributed by atoms with Crippen molar-refractivity contribution in [3.05, 3.63) is 24.3 Å². The van der Waals surface area contributed by atoms with E-state index in [0.29, 0.717) is 5.92 Å². The van der Waals surface area contributed by atoms with Gasteiger partial charge >= 0.3 is 0 Å². The maximum atomic E-state index is 12.4. The highest BCUT2D eigenvalue weighted by Gasteiger charge is 2.26. The zero-order valence-electron chi connectivity index (χ0n) is 13.7. The minimum absolute atomic E-state index is 0.263. The van der Waals surface area contributed by atoms with E-state index in [1.54, 1.807) is 0 Å². The van der Waals surface area contributed by atoms with Crippen LogP contribution in [0, 0.1) is 11.3 Å². The van der Waals surface area contributed by atoms with Gasteiger partial charge in [0, 0.05) is 18.5 Å². The maximum Gasteiger partial charge on any atom is 0.228 e. The molecule has 1 amide bonds. The van der Waals surface area contributed by atoms with Gasteiger partial charge in [-0.2, -0.15) is 0 Å². The average molecular weight is 277 g/mol. The molecule has 0 saturated heterocycles. The molecule has 0 aliphatic heterocycles. The molecular formula is C18H31NO. The Morgan fingerprint density at radius 1 is 1.35 bits per heavy atom. The highest BCUT2D eigenvalue weighted by Crippen LogP contribution is 2.20. The number of unbranched alkanes of at least 4 members (excludes halogenated alkanes) is 1. The first kappa shape index (κ1) is 17.0. The van der Waals surface area contributed by atoms with Crippen LogP contribution < -0.4 is 0 Å². The van der Waals surface area contributed by atoms with E-state index in [4.69, 9.17) is 0 Å². The third-order valence-corrected chi connectivity index (χ3v) is 3.75. The van der Waals surface area contributed by atoms with Crippen LogP contribution in [0.3, 0.4) is 0 Å². The summed E-state index contributed by atoms with van der Waals surface area (Å²) in [6, 6.07) is 0. The highest BCUT2D eigenvalue weighted by atomic mass is 16.2. The zero-order valence-corrected chi connectivity index (χ0v) is 13.7. The van der Waals surface area contributed by atoms with Crippen LogP contribution in [-0.2, 0) is 4.79 Å². The van der Waals surface area contributed by atoms with E-state index in [0.717, 1.165) is 32.4 Å². The predicted molar refractivity (Wildman–Crippen MR) is 86.6 cm³/mol. The Morgan fingerprint density at radius 3 is 2.65 bits per heavy atom. The lowest BCUT2D eigenvalue weighted by atomic mass is 9.93. The summed E-state index contributed by atoms with van der Waals surface area (Å²) in [5.41, 5.74) is -0.283. The molecular weight excluding hydrogens is 246 g/mol. The molecule has 0 N–H and O–H groups in total. The Balaban J connectivity index is 2.53. The van der Waals surface area contributed by atoms with Crippen molar-refractivity contribution in [2.24, 2.45) is 11.3 Å². The van der Waals surface area contributed by atoms with Crippen molar-refractivity contribution in [2.45, 2.75) is 59.8 Å². The van der Waals surface area contributed by atoms with Crippen molar-refractivity contribution >= 4 is 5.91 Å². The molecule has 0 aromatic rings. The second-order valence-corrected chi connectivity index (χ2v) is 6.83.